The van der Waals surface area contributed by atoms with E-state index in [0.29, 0.717) is 5.91 Å². The first-order chi connectivity index (χ1) is 8.65. The van der Waals surface area contributed by atoms with Crippen LogP contribution in [0.25, 0.3) is 0 Å². The number of hydrogen-bond acceptors (Lipinski definition) is 2. The van der Waals surface area contributed by atoms with Gasteiger partial charge in [-0.2, -0.15) is 0 Å². The predicted molar refractivity (Wildman–Crippen MR) is 76.3 cm³/mol. The van der Waals surface area contributed by atoms with E-state index < -0.39 is 0 Å². The molecule has 0 aromatic carbocycles. The first kappa shape index (κ1) is 15.5. The third-order valence-corrected chi connectivity index (χ3v) is 3.68. The van der Waals surface area contributed by atoms with Crippen molar-refractivity contribution >= 4 is 5.91 Å². The highest BCUT2D eigenvalue weighted by molar-refractivity contribution is 5.83. The average molecular weight is 254 g/mol. The summed E-state index contributed by atoms with van der Waals surface area (Å²) in [6, 6.07) is 0.0935. The summed E-state index contributed by atoms with van der Waals surface area (Å²) in [5.74, 6) is 1.14. The van der Waals surface area contributed by atoms with E-state index in [4.69, 9.17) is 0 Å². The zero-order valence-corrected chi connectivity index (χ0v) is 12.4. The molecule has 1 unspecified atom stereocenters. The Balaban J connectivity index is 2.04. The molecule has 3 nitrogen and oxygen atoms in total. The molecule has 1 rings (SSSR count). The molecule has 1 amide bonds. The second kappa shape index (κ2) is 8.52. The minimum atomic E-state index is 0.0935. The van der Waals surface area contributed by atoms with Crippen molar-refractivity contribution in [1.82, 2.24) is 10.2 Å². The smallest absolute Gasteiger partial charge is 0.240 e. The molecule has 1 aliphatic rings. The van der Waals surface area contributed by atoms with Crippen molar-refractivity contribution < 1.29 is 4.79 Å². The van der Waals surface area contributed by atoms with Crippen LogP contribution in [0.1, 0.15) is 65.7 Å². The molecule has 0 radical (unpaired) electrons. The summed E-state index contributed by atoms with van der Waals surface area (Å²) in [4.78, 5) is 14.0. The molecule has 0 aliphatic carbocycles. The van der Waals surface area contributed by atoms with E-state index in [2.05, 4.69) is 26.1 Å². The van der Waals surface area contributed by atoms with Crippen LogP contribution in [0.15, 0.2) is 0 Å². The summed E-state index contributed by atoms with van der Waals surface area (Å²) in [5.41, 5.74) is 0. The van der Waals surface area contributed by atoms with Crippen LogP contribution in [0, 0.1) is 5.92 Å². The number of rotatable bonds is 9. The number of unbranched alkanes of at least 4 members (excludes halogenated alkanes) is 3. The van der Waals surface area contributed by atoms with Crippen LogP contribution in [-0.2, 0) is 4.79 Å². The average Bonchev–Trinajstić information content (AvgIpc) is 2.66. The van der Waals surface area contributed by atoms with Gasteiger partial charge in [0.1, 0.15) is 0 Å². The van der Waals surface area contributed by atoms with Crippen molar-refractivity contribution in [2.24, 2.45) is 5.92 Å². The third kappa shape index (κ3) is 5.38. The molecule has 1 saturated heterocycles. The van der Waals surface area contributed by atoms with Gasteiger partial charge in [-0.3, -0.25) is 10.1 Å². The number of nitrogens with zero attached hydrogens (tertiary/aromatic N) is 1. The van der Waals surface area contributed by atoms with E-state index in [1.165, 1.54) is 25.7 Å². The quantitative estimate of drug-likeness (QED) is 0.641. The van der Waals surface area contributed by atoms with Crippen LogP contribution in [0.4, 0.5) is 0 Å². The van der Waals surface area contributed by atoms with Crippen molar-refractivity contribution in [3.8, 4) is 0 Å². The molecule has 106 valence electrons. The first-order valence-electron chi connectivity index (χ1n) is 7.67. The van der Waals surface area contributed by atoms with Crippen LogP contribution in [0.2, 0.25) is 0 Å². The molecule has 0 saturated carbocycles. The SMILES string of the molecule is CCCC1NCN(CCCCCCC(C)C)C1=O. The lowest BCUT2D eigenvalue weighted by Crippen LogP contribution is -2.31. The lowest BCUT2D eigenvalue weighted by molar-refractivity contribution is -0.129. The molecule has 1 atom stereocenters. The Morgan fingerprint density at radius 1 is 1.28 bits per heavy atom. The van der Waals surface area contributed by atoms with Crippen LogP contribution >= 0.6 is 0 Å². The molecule has 1 fully saturated rings. The van der Waals surface area contributed by atoms with Crippen LogP contribution < -0.4 is 5.32 Å². The molecule has 1 heterocycles. The van der Waals surface area contributed by atoms with Crippen molar-refractivity contribution in [3.63, 3.8) is 0 Å². The minimum absolute atomic E-state index is 0.0935. The predicted octanol–water partition coefficient (Wildman–Crippen LogP) is 3.15. The lowest BCUT2D eigenvalue weighted by Gasteiger charge is -2.15. The summed E-state index contributed by atoms with van der Waals surface area (Å²) in [5, 5.41) is 3.30. The Bertz CT molecular complexity index is 241. The largest absolute Gasteiger partial charge is 0.329 e. The maximum atomic E-state index is 12.0. The Kier molecular flexibility index (Phi) is 7.33. The third-order valence-electron chi connectivity index (χ3n) is 3.68. The van der Waals surface area contributed by atoms with Gasteiger partial charge in [0, 0.05) is 6.54 Å². The number of nitrogens with one attached hydrogen (secondary N) is 1. The van der Waals surface area contributed by atoms with E-state index in [1.807, 2.05) is 4.90 Å². The minimum Gasteiger partial charge on any atom is -0.329 e. The Labute approximate surface area is 112 Å². The van der Waals surface area contributed by atoms with Gasteiger partial charge in [-0.1, -0.05) is 52.9 Å². The fourth-order valence-corrected chi connectivity index (χ4v) is 2.52. The van der Waals surface area contributed by atoms with E-state index in [9.17, 15) is 4.79 Å². The van der Waals surface area contributed by atoms with Gasteiger partial charge in [0.2, 0.25) is 5.91 Å². The molecule has 0 spiro atoms. The van der Waals surface area contributed by atoms with E-state index in [0.717, 1.165) is 38.4 Å². The number of hydrogen-bond donors (Lipinski definition) is 1. The summed E-state index contributed by atoms with van der Waals surface area (Å²) < 4.78 is 0. The Hall–Kier alpha value is -0.570. The molecule has 18 heavy (non-hydrogen) atoms. The van der Waals surface area contributed by atoms with Crippen molar-refractivity contribution in [2.75, 3.05) is 13.2 Å². The highest BCUT2D eigenvalue weighted by atomic mass is 16.2. The highest BCUT2D eigenvalue weighted by Gasteiger charge is 2.29. The van der Waals surface area contributed by atoms with Gasteiger partial charge in [-0.05, 0) is 18.8 Å². The summed E-state index contributed by atoms with van der Waals surface area (Å²) in [7, 11) is 0. The monoisotopic (exact) mass is 254 g/mol. The molecular weight excluding hydrogens is 224 g/mol. The van der Waals surface area contributed by atoms with E-state index >= 15 is 0 Å². The fraction of sp³-hybridized carbons (Fsp3) is 0.933. The molecule has 0 bridgehead atoms. The molecule has 0 aromatic heterocycles. The van der Waals surface area contributed by atoms with Gasteiger partial charge in [0.15, 0.2) is 0 Å². The van der Waals surface area contributed by atoms with Gasteiger partial charge in [-0.15, -0.1) is 0 Å². The second-order valence-electron chi connectivity index (χ2n) is 5.90. The highest BCUT2D eigenvalue weighted by Crippen LogP contribution is 2.12. The molecule has 3 heteroatoms. The van der Waals surface area contributed by atoms with E-state index in [1.54, 1.807) is 0 Å². The van der Waals surface area contributed by atoms with Crippen LogP contribution in [-0.4, -0.2) is 30.1 Å². The van der Waals surface area contributed by atoms with Crippen molar-refractivity contribution in [1.29, 1.82) is 0 Å². The fourth-order valence-electron chi connectivity index (χ4n) is 2.52. The molecule has 0 aromatic rings. The second-order valence-corrected chi connectivity index (χ2v) is 5.90. The first-order valence-corrected chi connectivity index (χ1v) is 7.67. The molecular formula is C15H30N2O. The van der Waals surface area contributed by atoms with Gasteiger partial charge in [0.25, 0.3) is 0 Å². The summed E-state index contributed by atoms with van der Waals surface area (Å²) in [6.45, 7) is 8.39. The van der Waals surface area contributed by atoms with Gasteiger partial charge < -0.3 is 4.90 Å². The zero-order valence-electron chi connectivity index (χ0n) is 12.4. The maximum Gasteiger partial charge on any atom is 0.240 e. The number of amides is 1. The van der Waals surface area contributed by atoms with Gasteiger partial charge in [-0.25, -0.2) is 0 Å². The van der Waals surface area contributed by atoms with Crippen LogP contribution in [0.5, 0.6) is 0 Å². The zero-order chi connectivity index (χ0) is 13.4. The molecule has 1 aliphatic heterocycles. The Morgan fingerprint density at radius 2 is 2.00 bits per heavy atom. The normalized spacial score (nSPS) is 20.1. The van der Waals surface area contributed by atoms with Crippen molar-refractivity contribution in [3.05, 3.63) is 0 Å². The van der Waals surface area contributed by atoms with Gasteiger partial charge in [0.05, 0.1) is 12.7 Å². The maximum absolute atomic E-state index is 12.0. The standard InChI is InChI=1S/C15H30N2O/c1-4-9-14-15(18)17(12-16-14)11-8-6-5-7-10-13(2)3/h13-14,16H,4-12H2,1-3H3. The van der Waals surface area contributed by atoms with Gasteiger partial charge >= 0.3 is 0 Å². The number of carbonyl (C=O) groups is 1. The lowest BCUT2D eigenvalue weighted by atomic mass is 10.0. The summed E-state index contributed by atoms with van der Waals surface area (Å²) >= 11 is 0. The Morgan fingerprint density at radius 3 is 2.67 bits per heavy atom. The summed E-state index contributed by atoms with van der Waals surface area (Å²) in [6.07, 6.45) is 8.45. The van der Waals surface area contributed by atoms with E-state index in [-0.39, 0.29) is 6.04 Å². The van der Waals surface area contributed by atoms with Crippen LogP contribution in [0.3, 0.4) is 0 Å². The van der Waals surface area contributed by atoms with Crippen molar-refractivity contribution in [2.45, 2.75) is 71.8 Å². The topological polar surface area (TPSA) is 32.3 Å². The number of carbonyl (C=O) groups excluding carboxylic acids is 1. The molecule has 1 N–H and O–H groups in total.